The minimum absolute atomic E-state index is 0.161. The zero-order chi connectivity index (χ0) is 13.8. The van der Waals surface area contributed by atoms with Gasteiger partial charge >= 0.3 is 5.97 Å². The highest BCUT2D eigenvalue weighted by atomic mass is 16.5. The van der Waals surface area contributed by atoms with E-state index >= 15 is 0 Å². The fourth-order valence-electron chi connectivity index (χ4n) is 1.70. The van der Waals surface area contributed by atoms with Crippen LogP contribution in [0.15, 0.2) is 24.3 Å². The van der Waals surface area contributed by atoms with Crippen molar-refractivity contribution in [2.24, 2.45) is 0 Å². The Balaban J connectivity index is 2.71. The van der Waals surface area contributed by atoms with Crippen molar-refractivity contribution >= 4 is 5.97 Å². The largest absolute Gasteiger partial charge is 0.481 e. The third-order valence-corrected chi connectivity index (χ3v) is 2.76. The van der Waals surface area contributed by atoms with E-state index in [0.717, 1.165) is 11.1 Å². The van der Waals surface area contributed by atoms with Crippen LogP contribution in [0.3, 0.4) is 0 Å². The fourth-order valence-corrected chi connectivity index (χ4v) is 1.70. The summed E-state index contributed by atoms with van der Waals surface area (Å²) in [6.07, 6.45) is 0.604. The molecule has 1 aromatic rings. The van der Waals surface area contributed by atoms with E-state index in [1.807, 2.05) is 52.0 Å². The van der Waals surface area contributed by atoms with E-state index in [1.54, 1.807) is 0 Å². The average molecular weight is 250 g/mol. The Hall–Kier alpha value is -1.35. The Kier molecular flexibility index (Phi) is 4.91. The Labute approximate surface area is 109 Å². The lowest BCUT2D eigenvalue weighted by atomic mass is 9.96. The maximum atomic E-state index is 11.0. The molecule has 1 N–H and O–H groups in total. The molecule has 0 saturated carbocycles. The van der Waals surface area contributed by atoms with Crippen molar-refractivity contribution in [2.75, 3.05) is 0 Å². The summed E-state index contributed by atoms with van der Waals surface area (Å²) in [6, 6.07) is 7.63. The number of carboxylic acids is 1. The SMILES string of the molecule is CC[C@H](C(=O)O)c1ccc(COC(C)(C)C)cc1. The summed E-state index contributed by atoms with van der Waals surface area (Å²) in [5, 5.41) is 9.08. The van der Waals surface area contributed by atoms with Gasteiger partial charge in [0.15, 0.2) is 0 Å². The normalized spacial score (nSPS) is 13.3. The highest BCUT2D eigenvalue weighted by Crippen LogP contribution is 2.21. The van der Waals surface area contributed by atoms with Crippen LogP contribution in [-0.4, -0.2) is 16.7 Å². The van der Waals surface area contributed by atoms with Crippen LogP contribution >= 0.6 is 0 Å². The maximum Gasteiger partial charge on any atom is 0.310 e. The number of benzene rings is 1. The van der Waals surface area contributed by atoms with Crippen LogP contribution in [0.2, 0.25) is 0 Å². The minimum atomic E-state index is -0.767. The quantitative estimate of drug-likeness (QED) is 0.868. The van der Waals surface area contributed by atoms with Crippen molar-refractivity contribution in [3.63, 3.8) is 0 Å². The van der Waals surface area contributed by atoms with E-state index in [-0.39, 0.29) is 5.60 Å². The molecule has 0 aliphatic heterocycles. The molecule has 0 unspecified atom stereocenters. The molecule has 0 heterocycles. The number of ether oxygens (including phenoxy) is 1. The molecule has 100 valence electrons. The van der Waals surface area contributed by atoms with Crippen LogP contribution in [-0.2, 0) is 16.1 Å². The molecular formula is C15H22O3. The number of hydrogen-bond donors (Lipinski definition) is 1. The number of carboxylic acid groups (broad SMARTS) is 1. The topological polar surface area (TPSA) is 46.5 Å². The highest BCUT2D eigenvalue weighted by Gasteiger charge is 2.17. The molecule has 0 radical (unpaired) electrons. The molecule has 0 aliphatic carbocycles. The first-order valence-corrected chi connectivity index (χ1v) is 6.29. The summed E-state index contributed by atoms with van der Waals surface area (Å²) in [7, 11) is 0. The van der Waals surface area contributed by atoms with E-state index in [1.165, 1.54) is 0 Å². The summed E-state index contributed by atoms with van der Waals surface area (Å²) in [5.41, 5.74) is 1.75. The number of aliphatic carboxylic acids is 1. The summed E-state index contributed by atoms with van der Waals surface area (Å²) in [6.45, 7) is 8.47. The van der Waals surface area contributed by atoms with Gasteiger partial charge in [-0.1, -0.05) is 31.2 Å². The van der Waals surface area contributed by atoms with Gasteiger partial charge in [0.25, 0.3) is 0 Å². The lowest BCUT2D eigenvalue weighted by Gasteiger charge is -2.19. The molecule has 0 saturated heterocycles. The van der Waals surface area contributed by atoms with Gasteiger partial charge in [0.05, 0.1) is 18.1 Å². The van der Waals surface area contributed by atoms with E-state index in [9.17, 15) is 4.79 Å². The van der Waals surface area contributed by atoms with Crippen LogP contribution < -0.4 is 0 Å². The van der Waals surface area contributed by atoms with Crippen molar-refractivity contribution in [1.29, 1.82) is 0 Å². The van der Waals surface area contributed by atoms with E-state index in [0.29, 0.717) is 13.0 Å². The molecule has 0 spiro atoms. The summed E-state index contributed by atoms with van der Waals surface area (Å²) >= 11 is 0. The zero-order valence-electron chi connectivity index (χ0n) is 11.6. The molecule has 0 aliphatic rings. The van der Waals surface area contributed by atoms with Gasteiger partial charge < -0.3 is 9.84 Å². The highest BCUT2D eigenvalue weighted by molar-refractivity contribution is 5.75. The van der Waals surface area contributed by atoms with Crippen molar-refractivity contribution in [2.45, 2.75) is 52.2 Å². The zero-order valence-corrected chi connectivity index (χ0v) is 11.6. The Morgan fingerprint density at radius 1 is 1.28 bits per heavy atom. The van der Waals surface area contributed by atoms with Crippen LogP contribution in [0.4, 0.5) is 0 Å². The van der Waals surface area contributed by atoms with Crippen molar-refractivity contribution in [3.8, 4) is 0 Å². The second-order valence-corrected chi connectivity index (χ2v) is 5.44. The van der Waals surface area contributed by atoms with Gasteiger partial charge in [-0.15, -0.1) is 0 Å². The summed E-state index contributed by atoms with van der Waals surface area (Å²) in [5.74, 6) is -1.18. The van der Waals surface area contributed by atoms with Gasteiger partial charge in [0.1, 0.15) is 0 Å². The Bertz CT molecular complexity index is 387. The average Bonchev–Trinajstić information content (AvgIpc) is 2.27. The molecule has 0 amide bonds. The summed E-state index contributed by atoms with van der Waals surface area (Å²) in [4.78, 5) is 11.0. The van der Waals surface area contributed by atoms with E-state index in [2.05, 4.69) is 0 Å². The van der Waals surface area contributed by atoms with Gasteiger partial charge in [-0.05, 0) is 38.3 Å². The fraction of sp³-hybridized carbons (Fsp3) is 0.533. The molecule has 0 bridgehead atoms. The Morgan fingerprint density at radius 3 is 2.22 bits per heavy atom. The molecule has 0 fully saturated rings. The molecule has 1 rings (SSSR count). The first-order valence-electron chi connectivity index (χ1n) is 6.29. The lowest BCUT2D eigenvalue weighted by molar-refractivity contribution is -0.138. The molecule has 1 atom stereocenters. The monoisotopic (exact) mass is 250 g/mol. The molecule has 3 nitrogen and oxygen atoms in total. The third-order valence-electron chi connectivity index (χ3n) is 2.76. The van der Waals surface area contributed by atoms with Crippen LogP contribution in [0, 0.1) is 0 Å². The molecule has 1 aromatic carbocycles. The third kappa shape index (κ3) is 4.49. The first-order chi connectivity index (χ1) is 8.33. The van der Waals surface area contributed by atoms with E-state index < -0.39 is 11.9 Å². The van der Waals surface area contributed by atoms with Gasteiger partial charge in [-0.25, -0.2) is 0 Å². The van der Waals surface area contributed by atoms with Gasteiger partial charge in [-0.2, -0.15) is 0 Å². The van der Waals surface area contributed by atoms with E-state index in [4.69, 9.17) is 9.84 Å². The Morgan fingerprint density at radius 2 is 1.83 bits per heavy atom. The molecule has 3 heteroatoms. The lowest BCUT2D eigenvalue weighted by Crippen LogP contribution is -2.18. The summed E-state index contributed by atoms with van der Waals surface area (Å²) < 4.78 is 5.67. The predicted octanol–water partition coefficient (Wildman–Crippen LogP) is 3.58. The standard InChI is InChI=1S/C15H22O3/c1-5-13(14(16)17)12-8-6-11(7-9-12)10-18-15(2,3)4/h6-9,13H,5,10H2,1-4H3,(H,16,17)/t13-/m0/s1. The first kappa shape index (κ1) is 14.7. The van der Waals surface area contributed by atoms with Crippen molar-refractivity contribution < 1.29 is 14.6 Å². The molecular weight excluding hydrogens is 228 g/mol. The smallest absolute Gasteiger partial charge is 0.310 e. The molecule has 18 heavy (non-hydrogen) atoms. The van der Waals surface area contributed by atoms with Crippen LogP contribution in [0.5, 0.6) is 0 Å². The van der Waals surface area contributed by atoms with Crippen molar-refractivity contribution in [1.82, 2.24) is 0 Å². The van der Waals surface area contributed by atoms with Gasteiger partial charge in [0, 0.05) is 0 Å². The second kappa shape index (κ2) is 6.01. The molecule has 0 aromatic heterocycles. The van der Waals surface area contributed by atoms with Crippen LogP contribution in [0.1, 0.15) is 51.2 Å². The maximum absolute atomic E-state index is 11.0. The predicted molar refractivity (Wildman–Crippen MR) is 71.7 cm³/mol. The van der Waals surface area contributed by atoms with Gasteiger partial charge in [0.2, 0.25) is 0 Å². The van der Waals surface area contributed by atoms with Crippen molar-refractivity contribution in [3.05, 3.63) is 35.4 Å². The number of hydrogen-bond acceptors (Lipinski definition) is 2. The minimum Gasteiger partial charge on any atom is -0.481 e. The second-order valence-electron chi connectivity index (χ2n) is 5.44. The number of rotatable bonds is 5. The van der Waals surface area contributed by atoms with Gasteiger partial charge in [-0.3, -0.25) is 4.79 Å². The number of carbonyl (C=O) groups is 1. The van der Waals surface area contributed by atoms with Crippen LogP contribution in [0.25, 0.3) is 0 Å².